The van der Waals surface area contributed by atoms with Crippen LogP contribution in [-0.2, 0) is 13.1 Å². The molecular formula is C38H62N6S2. The minimum atomic E-state index is 0. The van der Waals surface area contributed by atoms with Crippen molar-refractivity contribution in [3.05, 3.63) is 117 Å². The van der Waals surface area contributed by atoms with E-state index >= 15 is 0 Å². The Hall–Kier alpha value is -3.88. The molecule has 8 heteroatoms. The van der Waals surface area contributed by atoms with Crippen LogP contribution in [0, 0.1) is 13.8 Å². The van der Waals surface area contributed by atoms with E-state index < -0.39 is 0 Å². The highest BCUT2D eigenvalue weighted by Crippen LogP contribution is 2.19. The lowest BCUT2D eigenvalue weighted by Gasteiger charge is -2.01. The van der Waals surface area contributed by atoms with Crippen LogP contribution in [0.15, 0.2) is 95.3 Å². The van der Waals surface area contributed by atoms with E-state index in [4.69, 9.17) is 0 Å². The maximum atomic E-state index is 4.62. The van der Waals surface area contributed by atoms with E-state index in [2.05, 4.69) is 80.5 Å². The zero-order chi connectivity index (χ0) is 32.7. The van der Waals surface area contributed by atoms with Gasteiger partial charge in [0, 0.05) is 31.5 Å². The van der Waals surface area contributed by atoms with Crippen LogP contribution in [0.25, 0.3) is 22.8 Å². The summed E-state index contributed by atoms with van der Waals surface area (Å²) in [4.78, 5) is 9.97. The summed E-state index contributed by atoms with van der Waals surface area (Å²) in [6.07, 6.45) is 3.59. The Balaban J connectivity index is -0.000000312. The van der Waals surface area contributed by atoms with Gasteiger partial charge < -0.3 is 0 Å². The molecule has 0 amide bonds. The summed E-state index contributed by atoms with van der Waals surface area (Å²) in [5, 5.41) is 15.6. The number of hydrogen-bond acceptors (Lipinski definition) is 6. The molecule has 0 aliphatic heterocycles. The molecule has 0 aliphatic rings. The maximum Gasteiger partial charge on any atom is 0.111 e. The van der Waals surface area contributed by atoms with Crippen molar-refractivity contribution in [1.82, 2.24) is 29.5 Å². The first kappa shape index (κ1) is 44.2. The summed E-state index contributed by atoms with van der Waals surface area (Å²) in [5.41, 5.74) is 7.31. The Bertz CT molecular complexity index is 1380. The summed E-state index contributed by atoms with van der Waals surface area (Å²) in [5.74, 6) is 0. The van der Waals surface area contributed by atoms with Gasteiger partial charge in [0.2, 0.25) is 0 Å². The smallest absolute Gasteiger partial charge is 0.111 e. The molecule has 6 rings (SSSR count). The van der Waals surface area contributed by atoms with E-state index in [9.17, 15) is 0 Å². The van der Waals surface area contributed by atoms with Gasteiger partial charge in [-0.05, 0) is 84.1 Å². The number of pyridine rings is 2. The van der Waals surface area contributed by atoms with Crippen LogP contribution in [-0.4, -0.2) is 29.5 Å². The third-order valence-corrected chi connectivity index (χ3v) is 7.21. The first-order chi connectivity index (χ1) is 21.7. The van der Waals surface area contributed by atoms with Gasteiger partial charge in [-0.1, -0.05) is 88.4 Å². The van der Waals surface area contributed by atoms with Gasteiger partial charge in [-0.25, -0.2) is 0 Å². The number of rotatable bonds is 6. The van der Waals surface area contributed by atoms with Crippen molar-refractivity contribution in [3.8, 4) is 22.8 Å². The molecule has 0 saturated heterocycles. The highest BCUT2D eigenvalue weighted by atomic mass is 32.1. The molecule has 0 aromatic carbocycles. The standard InChI is InChI=1S/2C14H13N3S.4C2H6.2CH4.2H2/c1-11-9-14(13-6-2-3-7-15-13)16-17(11)10-12-5-4-8-18-12;1-11-8-14(13-4-2-3-6-15-13)16-17(11)9-12-5-7-18-10-12;4*1-2;;;;/h2-9H,10H2,1H3;2-8,10H,9H2,1H3;4*1-2H3;2*1H4;2*1H/i;;;;;;;;2*1+1. The normalized spacial score (nSPS) is 8.91. The second-order valence-corrected chi connectivity index (χ2v) is 10.1. The lowest BCUT2D eigenvalue weighted by atomic mass is 10.2. The van der Waals surface area contributed by atoms with E-state index in [1.807, 2.05) is 101 Å². The molecule has 0 atom stereocenters. The first-order valence-electron chi connectivity index (χ1n) is 15.6. The minimum absolute atomic E-state index is 0. The first-order valence-corrected chi connectivity index (χ1v) is 17.4. The van der Waals surface area contributed by atoms with Gasteiger partial charge in [-0.15, -0.1) is 11.3 Å². The van der Waals surface area contributed by atoms with Crippen LogP contribution in [0.5, 0.6) is 0 Å². The number of aromatic nitrogens is 6. The topological polar surface area (TPSA) is 61.4 Å². The van der Waals surface area contributed by atoms with Gasteiger partial charge in [0.25, 0.3) is 0 Å². The molecule has 0 saturated carbocycles. The second kappa shape index (κ2) is 26.3. The Morgan fingerprint density at radius 1 is 0.587 bits per heavy atom. The predicted octanol–water partition coefficient (Wildman–Crippen LogP) is 12.6. The molecule has 0 bridgehead atoms. The summed E-state index contributed by atoms with van der Waals surface area (Å²) in [6, 6.07) is 22.2. The van der Waals surface area contributed by atoms with Crippen molar-refractivity contribution in [2.75, 3.05) is 0 Å². The molecule has 6 aromatic rings. The predicted molar refractivity (Wildman–Crippen MR) is 210 cm³/mol. The molecule has 0 aliphatic carbocycles. The fourth-order valence-electron chi connectivity index (χ4n) is 3.73. The second-order valence-electron chi connectivity index (χ2n) is 8.30. The molecule has 6 heterocycles. The molecule has 256 valence electrons. The van der Waals surface area contributed by atoms with Gasteiger partial charge in [-0.3, -0.25) is 19.3 Å². The molecule has 0 fully saturated rings. The van der Waals surface area contributed by atoms with Crippen molar-refractivity contribution in [2.45, 2.75) is 97.2 Å². The largest absolute Gasteiger partial charge is 0.265 e. The molecule has 6 aromatic heterocycles. The Labute approximate surface area is 291 Å². The molecule has 46 heavy (non-hydrogen) atoms. The van der Waals surface area contributed by atoms with Crippen molar-refractivity contribution in [3.63, 3.8) is 0 Å². The van der Waals surface area contributed by atoms with Gasteiger partial charge in [0.15, 0.2) is 0 Å². The number of thiophene rings is 2. The van der Waals surface area contributed by atoms with E-state index in [1.54, 1.807) is 35.1 Å². The third kappa shape index (κ3) is 14.0. The van der Waals surface area contributed by atoms with Crippen LogP contribution in [0.3, 0.4) is 0 Å². The Kier molecular flexibility index (Phi) is 25.3. The summed E-state index contributed by atoms with van der Waals surface area (Å²) < 4.78 is 4.04. The van der Waals surface area contributed by atoms with Crippen molar-refractivity contribution >= 4 is 22.7 Å². The summed E-state index contributed by atoms with van der Waals surface area (Å²) >= 11 is 3.47. The van der Waals surface area contributed by atoms with Crippen LogP contribution in [0.1, 0.15) is 94.9 Å². The average Bonchev–Trinajstić information content (AvgIpc) is 3.94. The van der Waals surface area contributed by atoms with Crippen molar-refractivity contribution in [1.29, 1.82) is 0 Å². The molecular weight excluding hydrogens is 605 g/mol. The zero-order valence-corrected chi connectivity index (χ0v) is 29.8. The third-order valence-electron chi connectivity index (χ3n) is 5.62. The van der Waals surface area contributed by atoms with Crippen molar-refractivity contribution < 1.29 is 2.85 Å². The summed E-state index contributed by atoms with van der Waals surface area (Å²) in [6.45, 7) is 21.8. The van der Waals surface area contributed by atoms with E-state index in [1.165, 1.54) is 10.4 Å². The minimum Gasteiger partial charge on any atom is -0.265 e. The Morgan fingerprint density at radius 3 is 1.48 bits per heavy atom. The zero-order valence-electron chi connectivity index (χ0n) is 28.2. The molecule has 0 spiro atoms. The van der Waals surface area contributed by atoms with Gasteiger partial charge >= 0.3 is 0 Å². The van der Waals surface area contributed by atoms with Gasteiger partial charge in [-0.2, -0.15) is 21.5 Å². The van der Waals surface area contributed by atoms with E-state index in [-0.39, 0.29) is 17.7 Å². The summed E-state index contributed by atoms with van der Waals surface area (Å²) in [7, 11) is 0. The Morgan fingerprint density at radius 2 is 1.09 bits per heavy atom. The molecule has 0 N–H and O–H groups in total. The van der Waals surface area contributed by atoms with Crippen LogP contribution >= 0.6 is 22.7 Å². The number of aryl methyl sites for hydroxylation is 2. The lowest BCUT2D eigenvalue weighted by molar-refractivity contribution is 0.668. The van der Waals surface area contributed by atoms with Gasteiger partial charge in [0.1, 0.15) is 11.4 Å². The fraction of sp³-hybridized carbons (Fsp3) is 0.368. The van der Waals surface area contributed by atoms with Crippen LogP contribution in [0.4, 0.5) is 0 Å². The van der Waals surface area contributed by atoms with Crippen molar-refractivity contribution in [2.24, 2.45) is 0 Å². The fourth-order valence-corrected chi connectivity index (χ4v) is 5.07. The van der Waals surface area contributed by atoms with E-state index in [0.29, 0.717) is 0 Å². The monoisotopic (exact) mass is 668 g/mol. The lowest BCUT2D eigenvalue weighted by Crippen LogP contribution is -2.02. The van der Waals surface area contributed by atoms with E-state index in [0.717, 1.165) is 47.3 Å². The van der Waals surface area contributed by atoms with Crippen LogP contribution < -0.4 is 0 Å². The quantitative estimate of drug-likeness (QED) is 0.177. The number of nitrogens with zero attached hydrogens (tertiary/aromatic N) is 6. The highest BCUT2D eigenvalue weighted by molar-refractivity contribution is 7.09. The average molecular weight is 669 g/mol. The number of hydrogen-bond donors (Lipinski definition) is 0. The SMILES string of the molecule is C.C.CC.CC.CC.CC.Cc1cc(-c2ccccn2)nn1Cc1cccs1.Cc1cc(-c2ccccn2)nn1Cc1ccsc1.[2HH].[2HH]. The van der Waals surface area contributed by atoms with Crippen LogP contribution in [0.2, 0.25) is 0 Å². The highest BCUT2D eigenvalue weighted by Gasteiger charge is 2.09. The molecule has 0 unspecified atom stereocenters. The molecule has 0 radical (unpaired) electrons. The van der Waals surface area contributed by atoms with Gasteiger partial charge in [0.05, 0.1) is 24.5 Å². The molecule has 6 nitrogen and oxygen atoms in total. The maximum absolute atomic E-state index is 4.62.